The molecule has 8 nitrogen and oxygen atoms in total. The maximum Gasteiger partial charge on any atom is 0.317 e. The highest BCUT2D eigenvalue weighted by Gasteiger charge is 2.30. The standard InChI is InChI=1S/C23H29ClN4O4S/c1-17(2)26(3)22(29)19-9-7-18(8-10-19)16-25-23(30)27-11-13-28(14-12-27)33(31,32)21-6-4-5-20(24)15-21/h4-10,15,17H,11-14,16H2,1-3H3,(H,25,30). The zero-order valence-electron chi connectivity index (χ0n) is 19.0. The maximum absolute atomic E-state index is 12.8. The number of halogens is 1. The van der Waals surface area contributed by atoms with Crippen LogP contribution in [-0.2, 0) is 16.6 Å². The number of sulfonamides is 1. The van der Waals surface area contributed by atoms with Gasteiger partial charge in [0.2, 0.25) is 10.0 Å². The average molecular weight is 493 g/mol. The minimum absolute atomic E-state index is 0.0498. The summed E-state index contributed by atoms with van der Waals surface area (Å²) >= 11 is 5.93. The quantitative estimate of drug-likeness (QED) is 0.671. The molecule has 1 aliphatic rings. The lowest BCUT2D eigenvalue weighted by molar-refractivity contribution is 0.0755. The number of nitrogens with one attached hydrogen (secondary N) is 1. The topological polar surface area (TPSA) is 90.0 Å². The molecule has 2 aromatic rings. The molecule has 0 aromatic heterocycles. The fourth-order valence-electron chi connectivity index (χ4n) is 3.40. The van der Waals surface area contributed by atoms with Crippen molar-refractivity contribution in [2.45, 2.75) is 31.3 Å². The molecule has 0 aliphatic carbocycles. The second-order valence-corrected chi connectivity index (χ2v) is 10.6. The van der Waals surface area contributed by atoms with Crippen molar-refractivity contribution < 1.29 is 18.0 Å². The fourth-order valence-corrected chi connectivity index (χ4v) is 5.12. The Morgan fingerprint density at radius 1 is 1.06 bits per heavy atom. The molecule has 1 N–H and O–H groups in total. The molecular formula is C23H29ClN4O4S. The van der Waals surface area contributed by atoms with Crippen molar-refractivity contribution in [3.63, 3.8) is 0 Å². The van der Waals surface area contributed by atoms with Crippen LogP contribution in [0.15, 0.2) is 53.4 Å². The molecule has 1 heterocycles. The predicted octanol–water partition coefficient (Wildman–Crippen LogP) is 3.04. The highest BCUT2D eigenvalue weighted by atomic mass is 35.5. The molecule has 33 heavy (non-hydrogen) atoms. The molecular weight excluding hydrogens is 464 g/mol. The Morgan fingerprint density at radius 3 is 2.27 bits per heavy atom. The average Bonchev–Trinajstić information content (AvgIpc) is 2.82. The van der Waals surface area contributed by atoms with Crippen LogP contribution in [0, 0.1) is 0 Å². The number of hydrogen-bond acceptors (Lipinski definition) is 4. The van der Waals surface area contributed by atoms with Crippen LogP contribution < -0.4 is 5.32 Å². The summed E-state index contributed by atoms with van der Waals surface area (Å²) in [6, 6.07) is 13.2. The van der Waals surface area contributed by atoms with Gasteiger partial charge in [0.25, 0.3) is 5.91 Å². The molecule has 0 bridgehead atoms. The Bertz CT molecular complexity index is 1100. The molecule has 0 unspecified atom stereocenters. The number of carbonyl (C=O) groups excluding carboxylic acids is 2. The molecule has 0 atom stereocenters. The van der Waals surface area contributed by atoms with Crippen LogP contribution >= 0.6 is 11.6 Å². The molecule has 0 spiro atoms. The van der Waals surface area contributed by atoms with Gasteiger partial charge in [-0.3, -0.25) is 4.79 Å². The summed E-state index contributed by atoms with van der Waals surface area (Å²) in [5.74, 6) is -0.0498. The van der Waals surface area contributed by atoms with E-state index in [1.165, 1.54) is 16.4 Å². The Balaban J connectivity index is 1.51. The SMILES string of the molecule is CC(C)N(C)C(=O)c1ccc(CNC(=O)N2CCN(S(=O)(=O)c3cccc(Cl)c3)CC2)cc1. The summed E-state index contributed by atoms with van der Waals surface area (Å²) < 4.78 is 27.0. The molecule has 2 aromatic carbocycles. The lowest BCUT2D eigenvalue weighted by Gasteiger charge is -2.34. The third-order valence-corrected chi connectivity index (χ3v) is 7.83. The van der Waals surface area contributed by atoms with Gasteiger partial charge < -0.3 is 15.1 Å². The van der Waals surface area contributed by atoms with E-state index >= 15 is 0 Å². The molecule has 3 amide bonds. The second kappa shape index (κ2) is 10.5. The normalized spacial score (nSPS) is 14.9. The van der Waals surface area contributed by atoms with Crippen molar-refractivity contribution in [3.8, 4) is 0 Å². The number of amides is 3. The van der Waals surface area contributed by atoms with E-state index in [2.05, 4.69) is 5.32 Å². The Hall–Kier alpha value is -2.62. The molecule has 0 saturated carbocycles. The van der Waals surface area contributed by atoms with Gasteiger partial charge in [-0.25, -0.2) is 13.2 Å². The first kappa shape index (κ1) is 25.0. The number of rotatable bonds is 6. The van der Waals surface area contributed by atoms with E-state index in [-0.39, 0.29) is 36.0 Å². The number of urea groups is 1. The first-order valence-corrected chi connectivity index (χ1v) is 12.6. The molecule has 3 rings (SSSR count). The van der Waals surface area contributed by atoms with Crippen LogP contribution in [0.25, 0.3) is 0 Å². The van der Waals surface area contributed by atoms with Gasteiger partial charge >= 0.3 is 6.03 Å². The predicted molar refractivity (Wildman–Crippen MR) is 128 cm³/mol. The lowest BCUT2D eigenvalue weighted by Crippen LogP contribution is -2.52. The van der Waals surface area contributed by atoms with Crippen molar-refractivity contribution in [2.24, 2.45) is 0 Å². The van der Waals surface area contributed by atoms with Gasteiger partial charge in [0.15, 0.2) is 0 Å². The number of piperazine rings is 1. The van der Waals surface area contributed by atoms with Gasteiger partial charge in [0.1, 0.15) is 0 Å². The van der Waals surface area contributed by atoms with Crippen molar-refractivity contribution in [2.75, 3.05) is 33.2 Å². The van der Waals surface area contributed by atoms with Gasteiger partial charge in [0, 0.05) is 56.4 Å². The first-order chi connectivity index (χ1) is 15.6. The minimum Gasteiger partial charge on any atom is -0.339 e. The Morgan fingerprint density at radius 2 is 1.70 bits per heavy atom. The first-order valence-electron chi connectivity index (χ1n) is 10.7. The van der Waals surface area contributed by atoms with E-state index in [1.807, 2.05) is 26.0 Å². The van der Waals surface area contributed by atoms with Crippen LogP contribution in [0.1, 0.15) is 29.8 Å². The third-order valence-electron chi connectivity index (χ3n) is 5.70. The van der Waals surface area contributed by atoms with E-state index in [9.17, 15) is 18.0 Å². The van der Waals surface area contributed by atoms with Gasteiger partial charge in [0.05, 0.1) is 4.90 Å². The van der Waals surface area contributed by atoms with Gasteiger partial charge in [-0.15, -0.1) is 0 Å². The summed E-state index contributed by atoms with van der Waals surface area (Å²) in [4.78, 5) is 28.3. The smallest absolute Gasteiger partial charge is 0.317 e. The summed E-state index contributed by atoms with van der Waals surface area (Å²) in [7, 11) is -1.89. The molecule has 10 heteroatoms. The lowest BCUT2D eigenvalue weighted by atomic mass is 10.1. The van der Waals surface area contributed by atoms with Gasteiger partial charge in [-0.1, -0.05) is 29.8 Å². The summed E-state index contributed by atoms with van der Waals surface area (Å²) in [5, 5.41) is 3.22. The molecule has 1 aliphatic heterocycles. The maximum atomic E-state index is 12.8. The van der Waals surface area contributed by atoms with Crippen LogP contribution in [0.2, 0.25) is 5.02 Å². The summed E-state index contributed by atoms with van der Waals surface area (Å²) in [6.45, 7) is 5.23. The number of nitrogens with zero attached hydrogens (tertiary/aromatic N) is 3. The van der Waals surface area contributed by atoms with Crippen molar-refractivity contribution in [1.82, 2.24) is 19.4 Å². The van der Waals surface area contributed by atoms with Crippen molar-refractivity contribution >= 4 is 33.6 Å². The van der Waals surface area contributed by atoms with Crippen molar-refractivity contribution in [1.29, 1.82) is 0 Å². The van der Waals surface area contributed by atoms with E-state index in [1.54, 1.807) is 41.1 Å². The minimum atomic E-state index is -3.65. The zero-order chi connectivity index (χ0) is 24.2. The molecule has 1 saturated heterocycles. The second-order valence-electron chi connectivity index (χ2n) is 8.21. The largest absolute Gasteiger partial charge is 0.339 e. The molecule has 178 valence electrons. The van der Waals surface area contributed by atoms with Crippen LogP contribution in [-0.4, -0.2) is 73.7 Å². The van der Waals surface area contributed by atoms with Crippen molar-refractivity contribution in [3.05, 3.63) is 64.7 Å². The highest BCUT2D eigenvalue weighted by molar-refractivity contribution is 7.89. The fraction of sp³-hybridized carbons (Fsp3) is 0.391. The van der Waals surface area contributed by atoms with Gasteiger partial charge in [-0.2, -0.15) is 4.31 Å². The van der Waals surface area contributed by atoms with E-state index in [0.29, 0.717) is 30.2 Å². The van der Waals surface area contributed by atoms with Crippen LogP contribution in [0.4, 0.5) is 4.79 Å². The Labute approximate surface area is 200 Å². The van der Waals surface area contributed by atoms with Crippen LogP contribution in [0.3, 0.4) is 0 Å². The number of benzene rings is 2. The van der Waals surface area contributed by atoms with E-state index in [0.717, 1.165) is 5.56 Å². The summed E-state index contributed by atoms with van der Waals surface area (Å²) in [6.07, 6.45) is 0. The van der Waals surface area contributed by atoms with E-state index in [4.69, 9.17) is 11.6 Å². The third kappa shape index (κ3) is 6.04. The number of carbonyl (C=O) groups is 2. The van der Waals surface area contributed by atoms with Crippen LogP contribution in [0.5, 0.6) is 0 Å². The summed E-state index contributed by atoms with van der Waals surface area (Å²) in [5.41, 5.74) is 1.47. The number of hydrogen-bond donors (Lipinski definition) is 1. The molecule has 1 fully saturated rings. The zero-order valence-corrected chi connectivity index (χ0v) is 20.6. The molecule has 0 radical (unpaired) electrons. The monoisotopic (exact) mass is 492 g/mol. The van der Waals surface area contributed by atoms with Gasteiger partial charge in [-0.05, 0) is 49.7 Å². The van der Waals surface area contributed by atoms with E-state index < -0.39 is 10.0 Å². The Kier molecular flexibility index (Phi) is 7.99. The highest BCUT2D eigenvalue weighted by Crippen LogP contribution is 2.21.